The molecule has 4 amide bonds. The molecule has 0 spiro atoms. The van der Waals surface area contributed by atoms with Crippen molar-refractivity contribution < 1.29 is 19.2 Å². The maximum atomic E-state index is 13.8. The summed E-state index contributed by atoms with van der Waals surface area (Å²) in [6.45, 7) is 22.5. The van der Waals surface area contributed by atoms with E-state index in [1.54, 1.807) is 0 Å². The van der Waals surface area contributed by atoms with Gasteiger partial charge in [0.2, 0.25) is 23.6 Å². The number of allylic oxidation sites excluding steroid dienone is 7. The maximum absolute atomic E-state index is 13.8. The Labute approximate surface area is 445 Å². The van der Waals surface area contributed by atoms with Crippen LogP contribution in [0.15, 0.2) is 172 Å². The van der Waals surface area contributed by atoms with Crippen LogP contribution in [0.1, 0.15) is 112 Å². The first-order chi connectivity index (χ1) is 35.9. The molecule has 4 aliphatic rings. The molecule has 386 valence electrons. The van der Waals surface area contributed by atoms with E-state index in [1.165, 1.54) is 0 Å². The van der Waals surface area contributed by atoms with Crippen molar-refractivity contribution in [2.75, 3.05) is 21.3 Å². The molecule has 8 bridgehead atoms. The number of aromatic nitrogens is 1. The minimum absolute atomic E-state index is 0.151. The first kappa shape index (κ1) is 52.4. The van der Waals surface area contributed by atoms with E-state index in [1.807, 2.05) is 217 Å². The average Bonchev–Trinajstić information content (AvgIpc) is 4.23. The van der Waals surface area contributed by atoms with E-state index in [-0.39, 0.29) is 23.6 Å². The van der Waals surface area contributed by atoms with Gasteiger partial charge < -0.3 is 26.3 Å². The molecule has 12 heteroatoms. The lowest BCUT2D eigenvalue weighted by atomic mass is 9.93. The van der Waals surface area contributed by atoms with Gasteiger partial charge in [-0.25, -0.2) is 9.98 Å². The molecule has 0 saturated heterocycles. The fourth-order valence-electron chi connectivity index (χ4n) is 8.88. The highest BCUT2D eigenvalue weighted by Gasteiger charge is 2.32. The highest BCUT2D eigenvalue weighted by Crippen LogP contribution is 2.43. The van der Waals surface area contributed by atoms with Gasteiger partial charge in [-0.3, -0.25) is 24.2 Å². The lowest BCUT2D eigenvalue weighted by molar-refractivity contribution is -0.123. The number of hydrogen-bond donors (Lipinski definition) is 5. The second-order valence-electron chi connectivity index (χ2n) is 23.6. The minimum atomic E-state index is -0.693. The van der Waals surface area contributed by atoms with Gasteiger partial charge in [0.1, 0.15) is 0 Å². The highest BCUT2D eigenvalue weighted by atomic mass is 16.2. The number of benzene rings is 4. The molecule has 1 aromatic heterocycles. The van der Waals surface area contributed by atoms with Gasteiger partial charge in [0.15, 0.2) is 0 Å². The van der Waals surface area contributed by atoms with Crippen LogP contribution in [-0.4, -0.2) is 45.7 Å². The number of aliphatic imine (C=N–C) groups is 3. The molecule has 4 aliphatic heterocycles. The molecule has 5 aromatic rings. The van der Waals surface area contributed by atoms with Crippen LogP contribution in [0.5, 0.6) is 0 Å². The van der Waals surface area contributed by atoms with Gasteiger partial charge in [0.05, 0.1) is 34.2 Å². The van der Waals surface area contributed by atoms with E-state index in [4.69, 9.17) is 15.0 Å². The Morgan fingerprint density at radius 3 is 1.07 bits per heavy atom. The molecule has 0 unspecified atom stereocenters. The van der Waals surface area contributed by atoms with Gasteiger partial charge >= 0.3 is 0 Å². The molecule has 12 nitrogen and oxygen atoms in total. The molecule has 5 heterocycles. The molecular weight excluding hydrogens is 945 g/mol. The van der Waals surface area contributed by atoms with E-state index >= 15 is 0 Å². The van der Waals surface area contributed by atoms with E-state index in [2.05, 4.69) is 32.3 Å². The zero-order chi connectivity index (χ0) is 54.5. The molecule has 0 atom stereocenters. The number of anilines is 4. The van der Waals surface area contributed by atoms with Crippen molar-refractivity contribution in [1.82, 2.24) is 4.98 Å². The number of nitrogens with zero attached hydrogens (tertiary/aromatic N) is 3. The first-order valence-electron chi connectivity index (χ1n) is 25.8. The SMILES string of the molecule is CC(C)(C)C(=O)Nc1ccccc1C1=C2C=CC(=N2)C(c2ccccc2NC(=O)C(C)(C)C)=c2ccc([nH]2)=C(c2ccccc2NC(=O)C(C)(C)C)C2=NC(=C(c3ccccc3NC(=O)C(C)(C)C)C3=NC1=CC3)C=C2. The number of nitrogens with one attached hydrogen (secondary N) is 5. The smallest absolute Gasteiger partial charge is 0.229 e. The summed E-state index contributed by atoms with van der Waals surface area (Å²) in [7, 11) is 0. The molecule has 0 saturated carbocycles. The first-order valence-corrected chi connectivity index (χ1v) is 25.8. The predicted octanol–water partition coefficient (Wildman–Crippen LogP) is 11.9. The monoisotopic (exact) mass is 1010 g/mol. The van der Waals surface area contributed by atoms with Crippen molar-refractivity contribution in [2.45, 2.75) is 89.5 Å². The second kappa shape index (κ2) is 20.0. The Balaban J connectivity index is 1.42. The Morgan fingerprint density at radius 1 is 0.395 bits per heavy atom. The highest BCUT2D eigenvalue weighted by molar-refractivity contribution is 6.35. The maximum Gasteiger partial charge on any atom is 0.229 e. The molecular formula is C64H66N8O4. The lowest BCUT2D eigenvalue weighted by Crippen LogP contribution is -2.29. The summed E-state index contributed by atoms with van der Waals surface area (Å²) in [6, 6.07) is 34.8. The largest absolute Gasteiger partial charge is 0.354 e. The molecule has 0 aliphatic carbocycles. The van der Waals surface area contributed by atoms with Crippen molar-refractivity contribution in [1.29, 1.82) is 0 Å². The fourth-order valence-corrected chi connectivity index (χ4v) is 8.88. The van der Waals surface area contributed by atoms with Gasteiger partial charge in [-0.2, -0.15) is 0 Å². The number of para-hydroxylation sites is 4. The lowest BCUT2D eigenvalue weighted by Gasteiger charge is -2.21. The standard InChI is InChI=1S/C64H66N8O4/c1-61(2,3)57(73)69-41-25-17-13-21-37(41)53-45-29-31-47(65-45)54(38-22-14-18-26-42(38)70-58(74)62(4,5)6)49-33-35-51(67-49)56(40-24-16-20-28-44(40)72-60(76)64(10,11)12)52-36-34-50(68-52)55(48-32-30-46(53)66-48)39-23-15-19-27-43(39)71-59(75)63(7,8)9/h13-35,65H,36H2,1-12H3,(H,69,73)(H,70,74)(H,71,75)(H,72,76). The van der Waals surface area contributed by atoms with Gasteiger partial charge in [-0.15, -0.1) is 0 Å². The summed E-state index contributed by atoms with van der Waals surface area (Å²) in [5.41, 5.74) is 9.09. The fraction of sp³-hybridized carbons (Fsp3) is 0.266. The van der Waals surface area contributed by atoms with Crippen LogP contribution in [-0.2, 0) is 19.2 Å². The van der Waals surface area contributed by atoms with Gasteiger partial charge in [-0.1, -0.05) is 162 Å². The van der Waals surface area contributed by atoms with Crippen LogP contribution < -0.4 is 32.0 Å². The van der Waals surface area contributed by atoms with Crippen molar-refractivity contribution in [3.63, 3.8) is 0 Å². The molecule has 76 heavy (non-hydrogen) atoms. The summed E-state index contributed by atoms with van der Waals surface area (Å²) in [5.74, 6) is -0.606. The number of aromatic amines is 1. The quantitative estimate of drug-likeness (QED) is 0.104. The summed E-state index contributed by atoms with van der Waals surface area (Å²) < 4.78 is 0. The summed E-state index contributed by atoms with van der Waals surface area (Å²) in [4.78, 5) is 75.5. The number of hydrogen-bond acceptors (Lipinski definition) is 7. The van der Waals surface area contributed by atoms with E-state index < -0.39 is 21.7 Å². The van der Waals surface area contributed by atoms with E-state index in [0.29, 0.717) is 102 Å². The van der Waals surface area contributed by atoms with Gasteiger partial charge in [0, 0.05) is 106 Å². The third kappa shape index (κ3) is 10.7. The zero-order valence-corrected chi connectivity index (χ0v) is 45.5. The van der Waals surface area contributed by atoms with Crippen LogP contribution >= 0.6 is 0 Å². The van der Waals surface area contributed by atoms with Crippen molar-refractivity contribution >= 4 is 85.8 Å². The molecule has 9 rings (SSSR count). The number of carbonyl (C=O) groups excluding carboxylic acids is 4. The van der Waals surface area contributed by atoms with E-state index in [9.17, 15) is 19.2 Å². The van der Waals surface area contributed by atoms with Crippen molar-refractivity contribution in [3.8, 4) is 0 Å². The predicted molar refractivity (Wildman–Crippen MR) is 310 cm³/mol. The minimum Gasteiger partial charge on any atom is -0.354 e. The Morgan fingerprint density at radius 2 is 0.711 bits per heavy atom. The van der Waals surface area contributed by atoms with Crippen molar-refractivity contribution in [3.05, 3.63) is 190 Å². The topological polar surface area (TPSA) is 169 Å². The van der Waals surface area contributed by atoms with Crippen molar-refractivity contribution in [2.24, 2.45) is 36.6 Å². The summed E-state index contributed by atoms with van der Waals surface area (Å²) >= 11 is 0. The number of amides is 4. The summed E-state index contributed by atoms with van der Waals surface area (Å²) in [6.07, 6.45) is 10.4. The van der Waals surface area contributed by atoms with Crippen LogP contribution in [0.4, 0.5) is 22.7 Å². The van der Waals surface area contributed by atoms with Crippen LogP contribution in [0.25, 0.3) is 22.3 Å². The number of H-pyrrole nitrogens is 1. The van der Waals surface area contributed by atoms with Crippen LogP contribution in [0.2, 0.25) is 0 Å². The second-order valence-corrected chi connectivity index (χ2v) is 23.6. The molecule has 4 aromatic carbocycles. The van der Waals surface area contributed by atoms with Crippen LogP contribution in [0.3, 0.4) is 0 Å². The molecule has 5 N–H and O–H groups in total. The summed E-state index contributed by atoms with van der Waals surface area (Å²) in [5, 5.41) is 14.3. The Bertz CT molecular complexity index is 3670. The normalized spacial score (nSPS) is 15.6. The van der Waals surface area contributed by atoms with Gasteiger partial charge in [0.25, 0.3) is 0 Å². The Hall–Kier alpha value is -8.51. The third-order valence-electron chi connectivity index (χ3n) is 13.3. The van der Waals surface area contributed by atoms with Gasteiger partial charge in [-0.05, 0) is 60.7 Å². The number of carbonyl (C=O) groups is 4. The molecule has 0 fully saturated rings. The van der Waals surface area contributed by atoms with E-state index in [0.717, 1.165) is 16.7 Å². The number of fused-ring (bicyclic) bond motifs is 5. The van der Waals surface area contributed by atoms with Crippen LogP contribution in [0, 0.1) is 21.7 Å². The number of rotatable bonds is 8. The molecule has 0 radical (unpaired) electrons. The Kier molecular flexibility index (Phi) is 13.8. The zero-order valence-electron chi connectivity index (χ0n) is 45.5. The average molecular weight is 1010 g/mol. The third-order valence-corrected chi connectivity index (χ3v) is 13.3.